The van der Waals surface area contributed by atoms with E-state index in [4.69, 9.17) is 4.74 Å². The molecule has 1 rings (SSSR count). The highest BCUT2D eigenvalue weighted by Gasteiger charge is 2.14. The zero-order valence-electron chi connectivity index (χ0n) is 9.47. The minimum absolute atomic E-state index is 0.00800. The lowest BCUT2D eigenvalue weighted by Crippen LogP contribution is -2.25. The van der Waals surface area contributed by atoms with E-state index in [0.29, 0.717) is 13.0 Å². The fourth-order valence-electron chi connectivity index (χ4n) is 1.14. The highest BCUT2D eigenvalue weighted by molar-refractivity contribution is 7.89. The Labute approximate surface area is 99.6 Å². The van der Waals surface area contributed by atoms with Crippen LogP contribution in [0.5, 0.6) is 0 Å². The third-order valence-electron chi connectivity index (χ3n) is 1.92. The predicted molar refractivity (Wildman–Crippen MR) is 59.6 cm³/mol. The number of sulfonamides is 1. The Balaban J connectivity index is 2.30. The van der Waals surface area contributed by atoms with Gasteiger partial charge in [0.25, 0.3) is 10.0 Å². The third kappa shape index (κ3) is 4.53. The first-order chi connectivity index (χ1) is 8.06. The molecule has 0 aliphatic heterocycles. The number of H-pyrrole nitrogens is 1. The van der Waals surface area contributed by atoms with E-state index in [1.54, 1.807) is 6.92 Å². The summed E-state index contributed by atoms with van der Waals surface area (Å²) in [4.78, 5) is 17.1. The van der Waals surface area contributed by atoms with Gasteiger partial charge < -0.3 is 9.72 Å². The fourth-order valence-corrected chi connectivity index (χ4v) is 2.12. The molecule has 96 valence electrons. The zero-order chi connectivity index (χ0) is 12.7. The van der Waals surface area contributed by atoms with E-state index in [1.807, 2.05) is 0 Å². The van der Waals surface area contributed by atoms with Crippen molar-refractivity contribution in [3.05, 3.63) is 12.5 Å². The van der Waals surface area contributed by atoms with Crippen LogP contribution in [0.4, 0.5) is 0 Å². The number of carbonyl (C=O) groups excluding carboxylic acids is 1. The number of aromatic amines is 1. The van der Waals surface area contributed by atoms with E-state index in [1.165, 1.54) is 12.5 Å². The zero-order valence-corrected chi connectivity index (χ0v) is 10.3. The number of hydrogen-bond acceptors (Lipinski definition) is 5. The molecule has 0 aliphatic rings. The van der Waals surface area contributed by atoms with Crippen molar-refractivity contribution in [3.8, 4) is 0 Å². The molecule has 0 saturated carbocycles. The summed E-state index contributed by atoms with van der Waals surface area (Å²) in [5.74, 6) is -0.326. The van der Waals surface area contributed by atoms with Crippen LogP contribution in [-0.4, -0.2) is 37.5 Å². The summed E-state index contributed by atoms with van der Waals surface area (Å²) >= 11 is 0. The number of carbonyl (C=O) groups is 1. The molecule has 17 heavy (non-hydrogen) atoms. The van der Waals surface area contributed by atoms with Crippen LogP contribution in [-0.2, 0) is 19.6 Å². The fraction of sp³-hybridized carbons (Fsp3) is 0.556. The van der Waals surface area contributed by atoms with Crippen LogP contribution in [0.25, 0.3) is 0 Å². The Hall–Kier alpha value is -1.41. The Morgan fingerprint density at radius 2 is 2.35 bits per heavy atom. The number of hydrogen-bond donors (Lipinski definition) is 2. The summed E-state index contributed by atoms with van der Waals surface area (Å²) < 4.78 is 30.2. The second kappa shape index (κ2) is 6.36. The number of nitrogens with zero attached hydrogens (tertiary/aromatic N) is 1. The number of rotatable bonds is 7. The molecule has 0 fully saturated rings. The number of ether oxygens (including phenoxy) is 1. The molecule has 7 nitrogen and oxygen atoms in total. The van der Waals surface area contributed by atoms with E-state index in [-0.39, 0.29) is 24.0 Å². The molecule has 1 aromatic heterocycles. The normalized spacial score (nSPS) is 11.4. The van der Waals surface area contributed by atoms with Crippen molar-refractivity contribution in [2.45, 2.75) is 24.8 Å². The molecular formula is C9H15N3O4S. The molecule has 0 bridgehead atoms. The summed E-state index contributed by atoms with van der Waals surface area (Å²) in [7, 11) is -3.55. The molecule has 1 heterocycles. The van der Waals surface area contributed by atoms with Crippen molar-refractivity contribution in [1.82, 2.24) is 14.7 Å². The van der Waals surface area contributed by atoms with E-state index >= 15 is 0 Å². The van der Waals surface area contributed by atoms with Crippen molar-refractivity contribution in [2.24, 2.45) is 0 Å². The quantitative estimate of drug-likeness (QED) is 0.532. The standard InChI is InChI=1S/C9H15N3O4S/c1-2-16-9(13)4-3-5-12-17(14,15)8-6-10-7-11-8/h6-7,12H,2-5H2,1H3,(H,10,11). The van der Waals surface area contributed by atoms with Gasteiger partial charge in [-0.05, 0) is 13.3 Å². The molecule has 0 spiro atoms. The van der Waals surface area contributed by atoms with Gasteiger partial charge in [0, 0.05) is 13.0 Å². The molecule has 8 heteroatoms. The van der Waals surface area contributed by atoms with Crippen LogP contribution < -0.4 is 4.72 Å². The van der Waals surface area contributed by atoms with Crippen LogP contribution in [0.1, 0.15) is 19.8 Å². The minimum atomic E-state index is -3.55. The summed E-state index contributed by atoms with van der Waals surface area (Å²) in [5, 5.41) is 0.00800. The van der Waals surface area contributed by atoms with Crippen molar-refractivity contribution in [2.75, 3.05) is 13.2 Å². The smallest absolute Gasteiger partial charge is 0.305 e. The molecule has 0 atom stereocenters. The van der Waals surface area contributed by atoms with Gasteiger partial charge in [0.2, 0.25) is 0 Å². The molecule has 1 aromatic rings. The van der Waals surface area contributed by atoms with Gasteiger partial charge in [-0.25, -0.2) is 18.1 Å². The molecule has 0 saturated heterocycles. The summed E-state index contributed by atoms with van der Waals surface area (Å²) in [6.45, 7) is 2.23. The van der Waals surface area contributed by atoms with Crippen LogP contribution in [0.15, 0.2) is 17.6 Å². The number of imidazole rings is 1. The predicted octanol–water partition coefficient (Wildman–Crippen LogP) is 0.0313. The maximum absolute atomic E-state index is 11.6. The van der Waals surface area contributed by atoms with Gasteiger partial charge in [-0.3, -0.25) is 4.79 Å². The summed E-state index contributed by atoms with van der Waals surface area (Å²) in [6.07, 6.45) is 3.09. The molecule has 2 N–H and O–H groups in total. The SMILES string of the molecule is CCOC(=O)CCCNS(=O)(=O)c1cnc[nH]1. The highest BCUT2D eigenvalue weighted by atomic mass is 32.2. The lowest BCUT2D eigenvalue weighted by molar-refractivity contribution is -0.143. The average Bonchev–Trinajstić information content (AvgIpc) is 2.79. The molecular weight excluding hydrogens is 246 g/mol. The van der Waals surface area contributed by atoms with Crippen LogP contribution in [0.2, 0.25) is 0 Å². The van der Waals surface area contributed by atoms with E-state index < -0.39 is 10.0 Å². The lowest BCUT2D eigenvalue weighted by atomic mass is 10.3. The number of nitrogens with one attached hydrogen (secondary N) is 2. The highest BCUT2D eigenvalue weighted by Crippen LogP contribution is 2.02. The van der Waals surface area contributed by atoms with E-state index in [0.717, 1.165) is 0 Å². The Morgan fingerprint density at radius 3 is 2.94 bits per heavy atom. The van der Waals surface area contributed by atoms with Crippen molar-refractivity contribution < 1.29 is 17.9 Å². The average molecular weight is 261 g/mol. The molecule has 0 radical (unpaired) electrons. The number of esters is 1. The van der Waals surface area contributed by atoms with Gasteiger partial charge in [0.15, 0.2) is 5.03 Å². The molecule has 0 unspecified atom stereocenters. The molecule has 0 aromatic carbocycles. The van der Waals surface area contributed by atoms with Gasteiger partial charge in [-0.15, -0.1) is 0 Å². The second-order valence-corrected chi connectivity index (χ2v) is 4.96. The largest absolute Gasteiger partial charge is 0.466 e. The maximum Gasteiger partial charge on any atom is 0.305 e. The topological polar surface area (TPSA) is 101 Å². The Morgan fingerprint density at radius 1 is 1.59 bits per heavy atom. The summed E-state index contributed by atoms with van der Waals surface area (Å²) in [5.41, 5.74) is 0. The van der Waals surface area contributed by atoms with E-state index in [9.17, 15) is 13.2 Å². The first kappa shape index (κ1) is 13.7. The third-order valence-corrected chi connectivity index (χ3v) is 3.30. The van der Waals surface area contributed by atoms with Crippen molar-refractivity contribution in [3.63, 3.8) is 0 Å². The minimum Gasteiger partial charge on any atom is -0.466 e. The summed E-state index contributed by atoms with van der Waals surface area (Å²) in [6, 6.07) is 0. The van der Waals surface area contributed by atoms with Crippen molar-refractivity contribution in [1.29, 1.82) is 0 Å². The molecule has 0 amide bonds. The first-order valence-electron chi connectivity index (χ1n) is 5.20. The lowest BCUT2D eigenvalue weighted by Gasteiger charge is -2.04. The van der Waals surface area contributed by atoms with Crippen molar-refractivity contribution >= 4 is 16.0 Å². The van der Waals surface area contributed by atoms with Gasteiger partial charge in [-0.1, -0.05) is 0 Å². The van der Waals surface area contributed by atoms with Gasteiger partial charge >= 0.3 is 5.97 Å². The molecule has 0 aliphatic carbocycles. The number of aromatic nitrogens is 2. The Bertz CT molecular complexity index is 441. The van der Waals surface area contributed by atoms with E-state index in [2.05, 4.69) is 14.7 Å². The maximum atomic E-state index is 11.6. The van der Waals surface area contributed by atoms with Crippen LogP contribution in [0.3, 0.4) is 0 Å². The first-order valence-corrected chi connectivity index (χ1v) is 6.68. The Kier molecular flexibility index (Phi) is 5.11. The second-order valence-electron chi connectivity index (χ2n) is 3.22. The van der Waals surface area contributed by atoms with Crippen LogP contribution >= 0.6 is 0 Å². The monoisotopic (exact) mass is 261 g/mol. The van der Waals surface area contributed by atoms with Gasteiger partial charge in [0.05, 0.1) is 19.1 Å². The van der Waals surface area contributed by atoms with Gasteiger partial charge in [-0.2, -0.15) is 0 Å². The van der Waals surface area contributed by atoms with Crippen LogP contribution in [0, 0.1) is 0 Å². The van der Waals surface area contributed by atoms with Gasteiger partial charge in [0.1, 0.15) is 0 Å².